The molecule has 1 atom stereocenters. The fraction of sp³-hybridized carbons (Fsp3) is 0.421. The summed E-state index contributed by atoms with van der Waals surface area (Å²) in [6.07, 6.45) is 6.82. The zero-order valence-corrected chi connectivity index (χ0v) is 34.8. The molecule has 0 radical (unpaired) electrons. The summed E-state index contributed by atoms with van der Waals surface area (Å²) in [6, 6.07) is 11.4. The lowest BCUT2D eigenvalue weighted by molar-refractivity contribution is -0.198. The Hall–Kier alpha value is -4.77. The maximum absolute atomic E-state index is 12.3. The summed E-state index contributed by atoms with van der Waals surface area (Å²) in [5.74, 6) is -2.46. The summed E-state index contributed by atoms with van der Waals surface area (Å²) < 4.78 is 113. The van der Waals surface area contributed by atoms with Gasteiger partial charge in [0.15, 0.2) is 0 Å². The summed E-state index contributed by atoms with van der Waals surface area (Å²) >= 11 is 0. The zero-order chi connectivity index (χ0) is 43.2. The average molecular weight is 881 g/mol. The highest BCUT2D eigenvalue weighted by Crippen LogP contribution is 2.51. The van der Waals surface area contributed by atoms with Gasteiger partial charge in [0, 0.05) is 54.2 Å². The van der Waals surface area contributed by atoms with Crippen LogP contribution in [0.4, 0.5) is 5.69 Å². The predicted octanol–water partition coefficient (Wildman–Crippen LogP) is 3.06. The molecule has 0 aromatic heterocycles. The van der Waals surface area contributed by atoms with E-state index in [2.05, 4.69) is 0 Å². The van der Waals surface area contributed by atoms with Gasteiger partial charge in [0.05, 0.1) is 48.4 Å². The van der Waals surface area contributed by atoms with Crippen LogP contribution in [0.5, 0.6) is 0 Å². The van der Waals surface area contributed by atoms with E-state index in [-0.39, 0.29) is 68.9 Å². The van der Waals surface area contributed by atoms with Crippen LogP contribution in [0.15, 0.2) is 75.9 Å². The van der Waals surface area contributed by atoms with E-state index in [1.165, 1.54) is 24.5 Å². The number of imide groups is 1. The summed E-state index contributed by atoms with van der Waals surface area (Å²) in [7, 11) is -13.1. The van der Waals surface area contributed by atoms with Gasteiger partial charge >= 0.3 is 5.97 Å². The van der Waals surface area contributed by atoms with Crippen molar-refractivity contribution in [2.75, 3.05) is 49.3 Å². The highest BCUT2D eigenvalue weighted by Gasteiger charge is 2.44. The van der Waals surface area contributed by atoms with Crippen molar-refractivity contribution in [1.82, 2.24) is 9.64 Å². The number of fused-ring (bicyclic) bond motifs is 2. The molecule has 4 aliphatic rings. The van der Waals surface area contributed by atoms with Gasteiger partial charge in [0.1, 0.15) is 18.8 Å². The number of carbonyl (C=O) groups excluding carboxylic acids is 3. The van der Waals surface area contributed by atoms with Gasteiger partial charge in [0.25, 0.3) is 42.2 Å². The lowest BCUT2D eigenvalue weighted by atomic mass is 9.77. The third-order valence-corrected chi connectivity index (χ3v) is 12.5. The second kappa shape index (κ2) is 18.7. The first-order valence-electron chi connectivity index (χ1n) is 18.6. The van der Waals surface area contributed by atoms with Gasteiger partial charge < -0.3 is 18.9 Å². The number of allylic oxidation sites excluding steroid dienone is 3. The van der Waals surface area contributed by atoms with Crippen molar-refractivity contribution in [2.24, 2.45) is 0 Å². The Bertz CT molecular complexity index is 2510. The van der Waals surface area contributed by atoms with Crippen molar-refractivity contribution < 1.29 is 67.3 Å². The van der Waals surface area contributed by atoms with E-state index >= 15 is 0 Å². The topological polar surface area (TPSA) is 255 Å². The Balaban J connectivity index is 1.45. The third kappa shape index (κ3) is 11.7. The molecule has 0 saturated carbocycles. The maximum atomic E-state index is 12.3. The number of hydroxylamine groups is 2. The van der Waals surface area contributed by atoms with Gasteiger partial charge in [-0.3, -0.25) is 23.2 Å². The first-order chi connectivity index (χ1) is 27.7. The van der Waals surface area contributed by atoms with Crippen molar-refractivity contribution in [1.29, 1.82) is 0 Å². The Morgan fingerprint density at radius 3 is 2.29 bits per heavy atom. The standard InChI is InChI=1S/C38H45N3O15S3/c1-3-39(18-6-24-58(48,49)50)28-9-11-30-27(15-21-55-33(30)25-28)7-4-8-34-38(2,17-5-23-57(45,46)47)31-26-29(59(51,52)53)10-12-32(31)40(34)19-22-54-20-16-37(44)56-41-35(42)13-14-36(41)43/h4,7-12,15,21,25-26H,3,5-6,13-14,16-20,22-24H2,1-2H3,(H2-,45,46,47,48,49,50,51,52,53)/p+1. The van der Waals surface area contributed by atoms with E-state index < -0.39 is 59.3 Å². The second-order valence-electron chi connectivity index (χ2n) is 14.1. The van der Waals surface area contributed by atoms with Gasteiger partial charge in [-0.05, 0) is 74.2 Å². The minimum atomic E-state index is -4.64. The van der Waals surface area contributed by atoms with Crippen LogP contribution in [-0.2, 0) is 59.7 Å². The van der Waals surface area contributed by atoms with E-state index in [1.54, 1.807) is 25.1 Å². The molecule has 320 valence electrons. The fourth-order valence-electron chi connectivity index (χ4n) is 7.13. The van der Waals surface area contributed by atoms with Crippen LogP contribution in [0.3, 0.4) is 0 Å². The normalized spacial score (nSPS) is 18.7. The SMILES string of the molecule is CC[N+](CCCS(=O)(=O)O)=c1ccc2c(/C=C/C=C3/N(CCOCCC(=O)ON4C(=O)CCC4=O)c4ccc(S(=O)(=O)O)cc4C3(C)CCCS(=O)(=O)O)ccoc-2c1. The number of benzene rings is 2. The smallest absolute Gasteiger partial charge is 0.335 e. The average Bonchev–Trinajstić information content (AvgIpc) is 3.58. The molecule has 0 bridgehead atoms. The third-order valence-electron chi connectivity index (χ3n) is 10.0. The van der Waals surface area contributed by atoms with Crippen LogP contribution in [-0.4, -0.2) is 106 Å². The number of carbonyl (C=O) groups is 3. The molecule has 59 heavy (non-hydrogen) atoms. The summed E-state index contributed by atoms with van der Waals surface area (Å²) in [6.45, 7) is 4.69. The minimum absolute atomic E-state index is 0.0157. The van der Waals surface area contributed by atoms with Crippen LogP contribution >= 0.6 is 0 Å². The highest BCUT2D eigenvalue weighted by atomic mass is 32.2. The van der Waals surface area contributed by atoms with Gasteiger partial charge in [-0.1, -0.05) is 12.2 Å². The molecule has 21 heteroatoms. The molecule has 1 aromatic carbocycles. The molecule has 1 aromatic rings. The molecule has 3 heterocycles. The second-order valence-corrected chi connectivity index (χ2v) is 18.7. The molecular formula is C38H46N3O15S3+. The molecule has 5 rings (SSSR count). The van der Waals surface area contributed by atoms with Crippen molar-refractivity contribution in [3.63, 3.8) is 0 Å². The monoisotopic (exact) mass is 880 g/mol. The molecule has 2 amide bonds. The molecule has 1 saturated heterocycles. The minimum Gasteiger partial charge on any atom is -0.464 e. The van der Waals surface area contributed by atoms with Crippen molar-refractivity contribution in [2.45, 2.75) is 62.7 Å². The number of amides is 2. The van der Waals surface area contributed by atoms with Crippen molar-refractivity contribution in [3.05, 3.63) is 83.1 Å². The van der Waals surface area contributed by atoms with Gasteiger partial charge in [-0.25, -0.2) is 9.37 Å². The molecule has 3 aliphatic heterocycles. The molecule has 18 nitrogen and oxygen atoms in total. The van der Waals surface area contributed by atoms with E-state index in [0.29, 0.717) is 40.9 Å². The van der Waals surface area contributed by atoms with Crippen molar-refractivity contribution >= 4 is 59.9 Å². The lowest BCUT2D eigenvalue weighted by Crippen LogP contribution is -2.33. The summed E-state index contributed by atoms with van der Waals surface area (Å²) in [5, 5.41) is 1.23. The number of ether oxygens (including phenoxy) is 1. The Morgan fingerprint density at radius 2 is 1.63 bits per heavy atom. The lowest BCUT2D eigenvalue weighted by Gasteiger charge is -2.30. The van der Waals surface area contributed by atoms with Crippen LogP contribution < -0.4 is 14.8 Å². The van der Waals surface area contributed by atoms with Gasteiger partial charge in [-0.15, -0.1) is 5.06 Å². The van der Waals surface area contributed by atoms with E-state index in [4.69, 9.17) is 18.5 Å². The first-order valence-corrected chi connectivity index (χ1v) is 23.3. The molecule has 1 unspecified atom stereocenters. The predicted molar refractivity (Wildman–Crippen MR) is 213 cm³/mol. The first kappa shape index (κ1) is 45.3. The van der Waals surface area contributed by atoms with Gasteiger partial charge in [-0.2, -0.15) is 25.3 Å². The number of nitrogens with zero attached hydrogens (tertiary/aromatic N) is 3. The molecule has 0 spiro atoms. The molecule has 1 aliphatic carbocycles. The van der Waals surface area contributed by atoms with Crippen LogP contribution in [0.1, 0.15) is 63.5 Å². The largest absolute Gasteiger partial charge is 0.464 e. The Morgan fingerprint density at radius 1 is 0.932 bits per heavy atom. The molecular weight excluding hydrogens is 835 g/mol. The van der Waals surface area contributed by atoms with E-state index in [1.807, 2.05) is 40.7 Å². The summed E-state index contributed by atoms with van der Waals surface area (Å²) in [5.41, 5.74) is 2.02. The van der Waals surface area contributed by atoms with E-state index in [0.717, 1.165) is 16.5 Å². The number of rotatable bonds is 19. The molecule has 3 N–H and O–H groups in total. The van der Waals surface area contributed by atoms with Crippen LogP contribution in [0.2, 0.25) is 0 Å². The van der Waals surface area contributed by atoms with Crippen LogP contribution in [0.25, 0.3) is 17.4 Å². The van der Waals surface area contributed by atoms with E-state index in [9.17, 15) is 48.7 Å². The zero-order valence-electron chi connectivity index (χ0n) is 32.4. The number of hydrogen-bond acceptors (Lipinski definition) is 13. The Kier molecular flexibility index (Phi) is 14.3. The van der Waals surface area contributed by atoms with Crippen molar-refractivity contribution in [3.8, 4) is 11.3 Å². The highest BCUT2D eigenvalue weighted by molar-refractivity contribution is 7.86. The van der Waals surface area contributed by atoms with Gasteiger partial charge in [0.2, 0.25) is 5.36 Å². The number of anilines is 1. The number of hydrogen-bond donors (Lipinski definition) is 3. The fourth-order valence-corrected chi connectivity index (χ4v) is 8.64. The van der Waals surface area contributed by atoms with Crippen LogP contribution in [0, 0.1) is 0 Å². The quantitative estimate of drug-likeness (QED) is 0.0677. The summed E-state index contributed by atoms with van der Waals surface area (Å²) in [4.78, 5) is 42.2. The molecule has 1 fully saturated rings. The maximum Gasteiger partial charge on any atom is 0.335 e. The Labute approximate surface area is 342 Å².